The first kappa shape index (κ1) is 15.7. The second kappa shape index (κ2) is 7.28. The Bertz CT molecular complexity index is 272. The number of carbonyl (C=O) groups is 1. The molecule has 0 aromatic carbocycles. The molecule has 0 spiro atoms. The summed E-state index contributed by atoms with van der Waals surface area (Å²) in [7, 11) is 0. The number of halogens is 1. The van der Waals surface area contributed by atoms with E-state index in [1.807, 2.05) is 4.90 Å². The van der Waals surface area contributed by atoms with Crippen LogP contribution in [0.1, 0.15) is 19.8 Å². The number of ether oxygens (including phenoxy) is 2. The molecule has 2 fully saturated rings. The minimum Gasteiger partial charge on any atom is -0.376 e. The zero-order valence-corrected chi connectivity index (χ0v) is 11.7. The highest BCUT2D eigenvalue weighted by Gasteiger charge is 2.34. The molecule has 0 aromatic heterocycles. The van der Waals surface area contributed by atoms with Crippen LogP contribution in [0.3, 0.4) is 0 Å². The van der Waals surface area contributed by atoms with Crippen molar-refractivity contribution in [3.8, 4) is 0 Å². The number of hydrogen-bond acceptors (Lipinski definition) is 4. The quantitative estimate of drug-likeness (QED) is 0.795. The summed E-state index contributed by atoms with van der Waals surface area (Å²) in [6, 6.07) is 0.164. The van der Waals surface area contributed by atoms with Crippen molar-refractivity contribution in [1.82, 2.24) is 4.90 Å². The summed E-state index contributed by atoms with van der Waals surface area (Å²) in [4.78, 5) is 14.2. The van der Waals surface area contributed by atoms with Gasteiger partial charge in [-0.1, -0.05) is 6.92 Å². The van der Waals surface area contributed by atoms with Gasteiger partial charge in [-0.05, 0) is 18.8 Å². The van der Waals surface area contributed by atoms with Crippen molar-refractivity contribution in [3.63, 3.8) is 0 Å². The monoisotopic (exact) mass is 278 g/mol. The molecule has 2 N–H and O–H groups in total. The highest BCUT2D eigenvalue weighted by Crippen LogP contribution is 2.23. The van der Waals surface area contributed by atoms with Gasteiger partial charge in [0.15, 0.2) is 6.10 Å². The largest absolute Gasteiger partial charge is 0.376 e. The van der Waals surface area contributed by atoms with Crippen molar-refractivity contribution in [2.45, 2.75) is 31.9 Å². The van der Waals surface area contributed by atoms with E-state index < -0.39 is 6.10 Å². The molecule has 2 heterocycles. The Morgan fingerprint density at radius 1 is 1.44 bits per heavy atom. The van der Waals surface area contributed by atoms with Gasteiger partial charge in [-0.2, -0.15) is 0 Å². The van der Waals surface area contributed by atoms with Gasteiger partial charge in [-0.15, -0.1) is 12.4 Å². The molecular formula is C12H23ClN2O3. The Morgan fingerprint density at radius 3 is 2.83 bits per heavy atom. The first-order valence-corrected chi connectivity index (χ1v) is 6.42. The number of rotatable bonds is 2. The molecule has 106 valence electrons. The van der Waals surface area contributed by atoms with E-state index in [-0.39, 0.29) is 24.4 Å². The third-order valence-corrected chi connectivity index (χ3v) is 3.62. The minimum atomic E-state index is -0.425. The lowest BCUT2D eigenvalue weighted by Crippen LogP contribution is -2.54. The van der Waals surface area contributed by atoms with E-state index in [0.29, 0.717) is 32.3 Å². The Kier molecular flexibility index (Phi) is 6.35. The lowest BCUT2D eigenvalue weighted by atomic mass is 9.92. The molecule has 2 saturated heterocycles. The summed E-state index contributed by atoms with van der Waals surface area (Å²) in [5, 5.41) is 0. The van der Waals surface area contributed by atoms with Crippen LogP contribution in [0.2, 0.25) is 0 Å². The van der Waals surface area contributed by atoms with Crippen LogP contribution >= 0.6 is 12.4 Å². The molecule has 0 radical (unpaired) electrons. The van der Waals surface area contributed by atoms with Crippen LogP contribution in [0.5, 0.6) is 0 Å². The average molecular weight is 279 g/mol. The molecule has 5 nitrogen and oxygen atoms in total. The fourth-order valence-electron chi connectivity index (χ4n) is 2.58. The maximum Gasteiger partial charge on any atom is 0.254 e. The number of piperidine rings is 1. The Balaban J connectivity index is 0.00000162. The van der Waals surface area contributed by atoms with Crippen LogP contribution in [0.4, 0.5) is 0 Å². The van der Waals surface area contributed by atoms with Crippen LogP contribution in [-0.4, -0.2) is 55.9 Å². The van der Waals surface area contributed by atoms with E-state index in [0.717, 1.165) is 19.4 Å². The predicted molar refractivity (Wildman–Crippen MR) is 70.8 cm³/mol. The van der Waals surface area contributed by atoms with Crippen LogP contribution in [0, 0.1) is 5.92 Å². The second-order valence-electron chi connectivity index (χ2n) is 4.99. The van der Waals surface area contributed by atoms with Crippen LogP contribution in [-0.2, 0) is 14.3 Å². The van der Waals surface area contributed by atoms with E-state index in [2.05, 4.69) is 6.92 Å². The van der Waals surface area contributed by atoms with Crippen molar-refractivity contribution in [2.75, 3.05) is 32.9 Å². The summed E-state index contributed by atoms with van der Waals surface area (Å²) in [6.07, 6.45) is 1.62. The molecule has 2 rings (SSSR count). The van der Waals surface area contributed by atoms with E-state index in [1.165, 1.54) is 0 Å². The van der Waals surface area contributed by atoms with E-state index in [4.69, 9.17) is 15.2 Å². The molecule has 1 amide bonds. The lowest BCUT2D eigenvalue weighted by Gasteiger charge is -2.40. The van der Waals surface area contributed by atoms with Gasteiger partial charge >= 0.3 is 0 Å². The third-order valence-electron chi connectivity index (χ3n) is 3.62. The molecule has 18 heavy (non-hydrogen) atoms. The Morgan fingerprint density at radius 2 is 2.22 bits per heavy atom. The Labute approximate surface area is 114 Å². The van der Waals surface area contributed by atoms with Gasteiger partial charge in [0.2, 0.25) is 0 Å². The summed E-state index contributed by atoms with van der Waals surface area (Å²) in [5.41, 5.74) is 5.76. The highest BCUT2D eigenvalue weighted by atomic mass is 35.5. The summed E-state index contributed by atoms with van der Waals surface area (Å²) in [5.74, 6) is 0.697. The van der Waals surface area contributed by atoms with Gasteiger partial charge in [0.1, 0.15) is 0 Å². The molecule has 2 aliphatic heterocycles. The first-order chi connectivity index (χ1) is 8.22. The number of hydrogen-bond donors (Lipinski definition) is 1. The van der Waals surface area contributed by atoms with E-state index in [1.54, 1.807) is 0 Å². The van der Waals surface area contributed by atoms with Gasteiger partial charge < -0.3 is 20.1 Å². The van der Waals surface area contributed by atoms with Gasteiger partial charge in [-0.25, -0.2) is 0 Å². The van der Waals surface area contributed by atoms with Gasteiger partial charge in [0.05, 0.1) is 19.8 Å². The summed E-state index contributed by atoms with van der Waals surface area (Å²) in [6.45, 7) is 5.01. The fourth-order valence-corrected chi connectivity index (χ4v) is 2.58. The van der Waals surface area contributed by atoms with Gasteiger partial charge in [0.25, 0.3) is 5.91 Å². The zero-order valence-electron chi connectivity index (χ0n) is 10.8. The average Bonchev–Trinajstić information content (AvgIpc) is 2.39. The highest BCUT2D eigenvalue weighted by molar-refractivity contribution is 5.85. The second-order valence-corrected chi connectivity index (χ2v) is 4.99. The number of nitrogens with two attached hydrogens (primary N) is 1. The van der Waals surface area contributed by atoms with Crippen LogP contribution in [0.25, 0.3) is 0 Å². The van der Waals surface area contributed by atoms with Crippen molar-refractivity contribution in [3.05, 3.63) is 0 Å². The Hall–Kier alpha value is -0.360. The van der Waals surface area contributed by atoms with E-state index in [9.17, 15) is 4.79 Å². The van der Waals surface area contributed by atoms with Crippen molar-refractivity contribution < 1.29 is 14.3 Å². The number of amides is 1. The van der Waals surface area contributed by atoms with Crippen LogP contribution in [0.15, 0.2) is 0 Å². The molecule has 3 atom stereocenters. The molecule has 0 bridgehead atoms. The maximum absolute atomic E-state index is 12.3. The normalized spacial score (nSPS) is 32.8. The fraction of sp³-hybridized carbons (Fsp3) is 0.917. The predicted octanol–water partition coefficient (Wildman–Crippen LogP) is 0.409. The van der Waals surface area contributed by atoms with Gasteiger partial charge in [0, 0.05) is 19.1 Å². The van der Waals surface area contributed by atoms with Gasteiger partial charge in [-0.3, -0.25) is 4.79 Å². The number of likely N-dealkylation sites (tertiary alicyclic amines) is 1. The topological polar surface area (TPSA) is 64.8 Å². The smallest absolute Gasteiger partial charge is 0.254 e. The number of nitrogens with zero attached hydrogens (tertiary/aromatic N) is 1. The molecular weight excluding hydrogens is 256 g/mol. The lowest BCUT2D eigenvalue weighted by molar-refractivity contribution is -0.161. The summed E-state index contributed by atoms with van der Waals surface area (Å²) >= 11 is 0. The first-order valence-electron chi connectivity index (χ1n) is 6.42. The summed E-state index contributed by atoms with van der Waals surface area (Å²) < 4.78 is 10.7. The minimum absolute atomic E-state index is 0. The standard InChI is InChI=1S/C12H22N2O3.ClH/c1-9-2-3-14(10(6-9)7-13)12(15)11-8-16-4-5-17-11;/h9-11H,2-8,13H2,1H3;1H. The van der Waals surface area contributed by atoms with Crippen molar-refractivity contribution in [2.24, 2.45) is 11.7 Å². The molecule has 3 unspecified atom stereocenters. The zero-order chi connectivity index (χ0) is 12.3. The SMILES string of the molecule is CC1CCN(C(=O)C2COCCO2)C(CN)C1.Cl. The van der Waals surface area contributed by atoms with E-state index >= 15 is 0 Å². The molecule has 0 aromatic rings. The maximum atomic E-state index is 12.3. The third kappa shape index (κ3) is 3.57. The molecule has 0 aliphatic carbocycles. The number of carbonyl (C=O) groups excluding carboxylic acids is 1. The van der Waals surface area contributed by atoms with Crippen LogP contribution < -0.4 is 5.73 Å². The van der Waals surface area contributed by atoms with Crippen molar-refractivity contribution in [1.29, 1.82) is 0 Å². The molecule has 2 aliphatic rings. The molecule has 6 heteroatoms. The molecule has 0 saturated carbocycles. The van der Waals surface area contributed by atoms with Crippen molar-refractivity contribution >= 4 is 18.3 Å².